The van der Waals surface area contributed by atoms with E-state index in [2.05, 4.69) is 5.32 Å². The lowest BCUT2D eigenvalue weighted by atomic mass is 10.2. The second-order valence-corrected chi connectivity index (χ2v) is 4.17. The molecule has 1 N–H and O–H groups in total. The van der Waals surface area contributed by atoms with Gasteiger partial charge in [0, 0.05) is 13.0 Å². The lowest BCUT2D eigenvalue weighted by molar-refractivity contribution is -0.170. The summed E-state index contributed by atoms with van der Waals surface area (Å²) in [6, 6.07) is 0. The van der Waals surface area contributed by atoms with Gasteiger partial charge in [0.25, 0.3) is 0 Å². The van der Waals surface area contributed by atoms with Crippen molar-refractivity contribution in [1.82, 2.24) is 5.32 Å². The number of carbonyl (C=O) groups excluding carboxylic acids is 2. The van der Waals surface area contributed by atoms with E-state index in [9.17, 15) is 9.59 Å². The zero-order valence-electron chi connectivity index (χ0n) is 10.4. The molecule has 1 fully saturated rings. The number of ether oxygens (including phenoxy) is 2. The molecule has 98 valence electrons. The third-order valence-electron chi connectivity index (χ3n) is 2.55. The Balaban J connectivity index is 2.06. The Morgan fingerprint density at radius 1 is 1.41 bits per heavy atom. The van der Waals surface area contributed by atoms with E-state index in [1.54, 1.807) is 0 Å². The molecule has 0 radical (unpaired) electrons. The maximum atomic E-state index is 11.4. The molecule has 0 bridgehead atoms. The van der Waals surface area contributed by atoms with Crippen LogP contribution in [0.1, 0.15) is 39.0 Å². The van der Waals surface area contributed by atoms with Crippen LogP contribution < -0.4 is 5.32 Å². The second-order valence-electron chi connectivity index (χ2n) is 4.17. The molecule has 0 aromatic rings. The van der Waals surface area contributed by atoms with Crippen molar-refractivity contribution in [3.63, 3.8) is 0 Å². The van der Waals surface area contributed by atoms with Gasteiger partial charge >= 0.3 is 0 Å². The van der Waals surface area contributed by atoms with Crippen molar-refractivity contribution >= 4 is 11.7 Å². The zero-order valence-corrected chi connectivity index (χ0v) is 10.4. The van der Waals surface area contributed by atoms with Gasteiger partial charge in [0.05, 0.1) is 6.54 Å². The number of Topliss-reactive ketones (excluding diaryl/α,β-unsaturated/α-hetero) is 1. The monoisotopic (exact) mass is 243 g/mol. The molecule has 1 atom stereocenters. The van der Waals surface area contributed by atoms with E-state index in [-0.39, 0.29) is 31.1 Å². The summed E-state index contributed by atoms with van der Waals surface area (Å²) >= 11 is 0. The van der Waals surface area contributed by atoms with Crippen molar-refractivity contribution in [2.24, 2.45) is 0 Å². The molecule has 0 spiro atoms. The zero-order chi connectivity index (χ0) is 12.5. The normalized spacial score (nSPS) is 19.9. The van der Waals surface area contributed by atoms with Gasteiger partial charge in [0.1, 0.15) is 6.61 Å². The van der Waals surface area contributed by atoms with Crippen LogP contribution in [0.15, 0.2) is 0 Å². The minimum atomic E-state index is -0.263. The molecule has 1 unspecified atom stereocenters. The number of amides is 1. The number of hydrogen-bond acceptors (Lipinski definition) is 4. The van der Waals surface area contributed by atoms with Crippen molar-refractivity contribution in [1.29, 1.82) is 0 Å². The SMILES string of the molecule is CCCC(=O)CNC(=O)COC1CCCCO1. The van der Waals surface area contributed by atoms with Crippen molar-refractivity contribution in [2.45, 2.75) is 45.3 Å². The first-order valence-corrected chi connectivity index (χ1v) is 6.24. The van der Waals surface area contributed by atoms with E-state index in [0.29, 0.717) is 13.0 Å². The lowest BCUT2D eigenvalue weighted by Crippen LogP contribution is -2.34. The number of hydrogen-bond donors (Lipinski definition) is 1. The van der Waals surface area contributed by atoms with Crippen molar-refractivity contribution in [3.05, 3.63) is 0 Å². The summed E-state index contributed by atoms with van der Waals surface area (Å²) in [4.78, 5) is 22.5. The molecule has 1 rings (SSSR count). The molecule has 1 heterocycles. The van der Waals surface area contributed by atoms with Gasteiger partial charge in [-0.3, -0.25) is 9.59 Å². The van der Waals surface area contributed by atoms with Gasteiger partial charge in [0.2, 0.25) is 5.91 Å². The smallest absolute Gasteiger partial charge is 0.246 e. The Morgan fingerprint density at radius 2 is 2.24 bits per heavy atom. The van der Waals surface area contributed by atoms with E-state index < -0.39 is 0 Å². The molecule has 0 aromatic carbocycles. The Morgan fingerprint density at radius 3 is 2.88 bits per heavy atom. The van der Waals surface area contributed by atoms with Crippen LogP contribution in [0.2, 0.25) is 0 Å². The summed E-state index contributed by atoms with van der Waals surface area (Å²) in [5.41, 5.74) is 0. The Bertz CT molecular complexity index is 249. The number of rotatable bonds is 7. The average molecular weight is 243 g/mol. The average Bonchev–Trinajstić information content (AvgIpc) is 2.35. The standard InChI is InChI=1S/C12H21NO4/c1-2-5-10(14)8-13-11(15)9-17-12-6-3-4-7-16-12/h12H,2-9H2,1H3,(H,13,15). The Kier molecular flexibility index (Phi) is 6.81. The van der Waals surface area contributed by atoms with Gasteiger partial charge in [-0.1, -0.05) is 6.92 Å². The third-order valence-corrected chi connectivity index (χ3v) is 2.55. The second kappa shape index (κ2) is 8.20. The Labute approximate surface area is 102 Å². The minimum Gasteiger partial charge on any atom is -0.353 e. The van der Waals surface area contributed by atoms with Crippen molar-refractivity contribution in [3.8, 4) is 0 Å². The summed E-state index contributed by atoms with van der Waals surface area (Å²) in [6.07, 6.45) is 4.01. The van der Waals surface area contributed by atoms with Crippen LogP contribution in [0.3, 0.4) is 0 Å². The van der Waals surface area contributed by atoms with E-state index in [4.69, 9.17) is 9.47 Å². The fraction of sp³-hybridized carbons (Fsp3) is 0.833. The van der Waals surface area contributed by atoms with E-state index in [1.807, 2.05) is 6.92 Å². The molecule has 1 aliphatic rings. The molecule has 1 aliphatic heterocycles. The molecular formula is C12H21NO4. The molecule has 5 nitrogen and oxygen atoms in total. The first-order valence-electron chi connectivity index (χ1n) is 6.24. The molecule has 0 saturated carbocycles. The third kappa shape index (κ3) is 6.38. The molecule has 0 aromatic heterocycles. The van der Waals surface area contributed by atoms with Crippen LogP contribution in [0.25, 0.3) is 0 Å². The van der Waals surface area contributed by atoms with Gasteiger partial charge < -0.3 is 14.8 Å². The van der Waals surface area contributed by atoms with Crippen molar-refractivity contribution in [2.75, 3.05) is 19.8 Å². The maximum Gasteiger partial charge on any atom is 0.246 e. The summed E-state index contributed by atoms with van der Waals surface area (Å²) in [7, 11) is 0. The molecule has 5 heteroatoms. The van der Waals surface area contributed by atoms with Gasteiger partial charge in [-0.25, -0.2) is 0 Å². The van der Waals surface area contributed by atoms with Crippen LogP contribution in [0, 0.1) is 0 Å². The van der Waals surface area contributed by atoms with Gasteiger partial charge in [-0.05, 0) is 25.7 Å². The molecule has 1 saturated heterocycles. The highest BCUT2D eigenvalue weighted by Crippen LogP contribution is 2.13. The molecule has 17 heavy (non-hydrogen) atoms. The predicted molar refractivity (Wildman–Crippen MR) is 62.5 cm³/mol. The summed E-state index contributed by atoms with van der Waals surface area (Å²) < 4.78 is 10.6. The van der Waals surface area contributed by atoms with Gasteiger partial charge in [-0.15, -0.1) is 0 Å². The first-order chi connectivity index (χ1) is 8.22. The topological polar surface area (TPSA) is 64.6 Å². The minimum absolute atomic E-state index is 0.0376. The number of carbonyl (C=O) groups is 2. The Hall–Kier alpha value is -0.940. The van der Waals surface area contributed by atoms with E-state index >= 15 is 0 Å². The van der Waals surface area contributed by atoms with Crippen LogP contribution >= 0.6 is 0 Å². The predicted octanol–water partition coefficient (Wildman–Crippen LogP) is 1.01. The summed E-state index contributed by atoms with van der Waals surface area (Å²) in [5, 5.41) is 2.54. The van der Waals surface area contributed by atoms with Crippen molar-refractivity contribution < 1.29 is 19.1 Å². The fourth-order valence-electron chi connectivity index (χ4n) is 1.63. The van der Waals surface area contributed by atoms with Crippen LogP contribution in [0.5, 0.6) is 0 Å². The fourth-order valence-corrected chi connectivity index (χ4v) is 1.63. The summed E-state index contributed by atoms with van der Waals surface area (Å²) in [5.74, 6) is -0.210. The first kappa shape index (κ1) is 14.1. The number of ketones is 1. The molecule has 0 aliphatic carbocycles. The summed E-state index contributed by atoms with van der Waals surface area (Å²) in [6.45, 7) is 2.69. The highest BCUT2D eigenvalue weighted by Gasteiger charge is 2.15. The van der Waals surface area contributed by atoms with Crippen LogP contribution in [-0.2, 0) is 19.1 Å². The highest BCUT2D eigenvalue weighted by molar-refractivity contribution is 5.86. The van der Waals surface area contributed by atoms with Gasteiger partial charge in [0.15, 0.2) is 12.1 Å². The quantitative estimate of drug-likeness (QED) is 0.725. The molecule has 1 amide bonds. The maximum absolute atomic E-state index is 11.4. The van der Waals surface area contributed by atoms with Crippen LogP contribution in [0.4, 0.5) is 0 Å². The van der Waals surface area contributed by atoms with E-state index in [1.165, 1.54) is 0 Å². The van der Waals surface area contributed by atoms with Gasteiger partial charge in [-0.2, -0.15) is 0 Å². The van der Waals surface area contributed by atoms with Crippen LogP contribution in [-0.4, -0.2) is 37.7 Å². The highest BCUT2D eigenvalue weighted by atomic mass is 16.7. The van der Waals surface area contributed by atoms with E-state index in [0.717, 1.165) is 25.7 Å². The largest absolute Gasteiger partial charge is 0.353 e. The molecular weight excluding hydrogens is 222 g/mol. The number of nitrogens with one attached hydrogen (secondary N) is 1. The lowest BCUT2D eigenvalue weighted by Gasteiger charge is -2.22.